The van der Waals surface area contributed by atoms with Crippen LogP contribution in [0.2, 0.25) is 0 Å². The predicted molar refractivity (Wildman–Crippen MR) is 71.0 cm³/mol. The maximum atomic E-state index is 12.3. The molecule has 0 bridgehead atoms. The Labute approximate surface area is 117 Å². The minimum absolute atomic E-state index is 0.000592. The molecule has 0 radical (unpaired) electrons. The summed E-state index contributed by atoms with van der Waals surface area (Å²) < 4.78 is 29.9. The highest BCUT2D eigenvalue weighted by molar-refractivity contribution is 5.76. The van der Waals surface area contributed by atoms with E-state index in [4.69, 9.17) is 9.84 Å². The van der Waals surface area contributed by atoms with Crippen LogP contribution in [0.4, 0.5) is 8.78 Å². The van der Waals surface area contributed by atoms with E-state index in [1.165, 1.54) is 0 Å². The van der Waals surface area contributed by atoms with Gasteiger partial charge in [0, 0.05) is 6.54 Å². The molecule has 1 aromatic carbocycles. The van der Waals surface area contributed by atoms with Crippen molar-refractivity contribution in [2.75, 3.05) is 26.3 Å². The lowest BCUT2D eigenvalue weighted by molar-refractivity contribution is -0.134. The van der Waals surface area contributed by atoms with E-state index in [9.17, 15) is 13.6 Å². The summed E-state index contributed by atoms with van der Waals surface area (Å²) in [4.78, 5) is 12.7. The molecule has 0 aliphatic heterocycles. The Morgan fingerprint density at radius 2 is 2.00 bits per heavy atom. The quantitative estimate of drug-likeness (QED) is 0.794. The first kappa shape index (κ1) is 16.4. The number of carbonyl (C=O) groups excluding carboxylic acids is 1. The molecule has 0 saturated heterocycles. The zero-order valence-corrected chi connectivity index (χ0v) is 11.4. The van der Waals surface area contributed by atoms with Crippen molar-refractivity contribution < 1.29 is 23.4 Å². The Morgan fingerprint density at radius 1 is 1.35 bits per heavy atom. The minimum Gasteiger partial charge on any atom is -0.493 e. The molecule has 0 unspecified atom stereocenters. The second-order valence-corrected chi connectivity index (χ2v) is 4.37. The fraction of sp³-hybridized carbons (Fsp3) is 0.500. The van der Waals surface area contributed by atoms with Crippen molar-refractivity contribution in [3.8, 4) is 5.75 Å². The van der Waals surface area contributed by atoms with E-state index < -0.39 is 18.9 Å². The van der Waals surface area contributed by atoms with Gasteiger partial charge in [0.05, 0.1) is 26.2 Å². The lowest BCUT2D eigenvalue weighted by Crippen LogP contribution is -2.37. The molecule has 1 rings (SSSR count). The molecule has 0 aliphatic carbocycles. The maximum Gasteiger partial charge on any atom is 0.255 e. The average Bonchev–Trinajstić information content (AvgIpc) is 2.40. The van der Waals surface area contributed by atoms with Crippen LogP contribution < -0.4 is 4.74 Å². The molecule has 6 heteroatoms. The number of benzene rings is 1. The molecular weight excluding hydrogens is 268 g/mol. The number of aryl methyl sites for hydroxylation is 1. The van der Waals surface area contributed by atoms with Crippen molar-refractivity contribution >= 4 is 5.91 Å². The Kier molecular flexibility index (Phi) is 6.93. The highest BCUT2D eigenvalue weighted by Crippen LogP contribution is 2.11. The Bertz CT molecular complexity index is 409. The molecule has 0 spiro atoms. The van der Waals surface area contributed by atoms with Crippen molar-refractivity contribution in [3.05, 3.63) is 29.8 Å². The SMILES string of the molecule is Cc1ccc(OCCC(=O)N(CCO)CC(F)F)cc1. The van der Waals surface area contributed by atoms with Gasteiger partial charge in [-0.25, -0.2) is 8.78 Å². The molecule has 1 aromatic rings. The summed E-state index contributed by atoms with van der Waals surface area (Å²) in [6, 6.07) is 7.33. The molecule has 0 saturated carbocycles. The number of halogens is 2. The van der Waals surface area contributed by atoms with Crippen molar-refractivity contribution in [2.45, 2.75) is 19.8 Å². The Hall–Kier alpha value is -1.69. The number of alkyl halides is 2. The van der Waals surface area contributed by atoms with Gasteiger partial charge < -0.3 is 14.7 Å². The smallest absolute Gasteiger partial charge is 0.255 e. The molecule has 4 nitrogen and oxygen atoms in total. The van der Waals surface area contributed by atoms with Crippen LogP contribution >= 0.6 is 0 Å². The summed E-state index contributed by atoms with van der Waals surface area (Å²) in [7, 11) is 0. The fourth-order valence-corrected chi connectivity index (χ4v) is 1.65. The Balaban J connectivity index is 2.38. The third-order valence-corrected chi connectivity index (χ3v) is 2.69. The number of nitrogens with zero attached hydrogens (tertiary/aromatic N) is 1. The zero-order chi connectivity index (χ0) is 15.0. The van der Waals surface area contributed by atoms with E-state index in [1.54, 1.807) is 12.1 Å². The van der Waals surface area contributed by atoms with Crippen molar-refractivity contribution in [2.24, 2.45) is 0 Å². The first-order chi connectivity index (χ1) is 9.52. The molecule has 0 fully saturated rings. The standard InChI is InChI=1S/C14H19F2NO3/c1-11-2-4-12(5-3-11)20-9-6-14(19)17(7-8-18)10-13(15)16/h2-5,13,18H,6-10H2,1H3. The van der Waals surface area contributed by atoms with Crippen LogP contribution in [0.15, 0.2) is 24.3 Å². The van der Waals surface area contributed by atoms with E-state index in [-0.39, 0.29) is 26.2 Å². The van der Waals surface area contributed by atoms with Gasteiger partial charge in [-0.05, 0) is 19.1 Å². The monoisotopic (exact) mass is 287 g/mol. The lowest BCUT2D eigenvalue weighted by Gasteiger charge is -2.21. The molecule has 112 valence electrons. The van der Waals surface area contributed by atoms with E-state index >= 15 is 0 Å². The van der Waals surface area contributed by atoms with Gasteiger partial charge in [0.2, 0.25) is 5.91 Å². The van der Waals surface area contributed by atoms with E-state index in [0.717, 1.165) is 10.5 Å². The highest BCUT2D eigenvalue weighted by Gasteiger charge is 2.17. The number of hydrogen-bond acceptors (Lipinski definition) is 3. The van der Waals surface area contributed by atoms with Gasteiger partial charge in [-0.1, -0.05) is 17.7 Å². The molecule has 0 heterocycles. The average molecular weight is 287 g/mol. The Morgan fingerprint density at radius 3 is 2.55 bits per heavy atom. The zero-order valence-electron chi connectivity index (χ0n) is 11.4. The number of amides is 1. The van der Waals surface area contributed by atoms with Crippen molar-refractivity contribution in [1.82, 2.24) is 4.90 Å². The topological polar surface area (TPSA) is 49.8 Å². The number of rotatable bonds is 8. The van der Waals surface area contributed by atoms with Gasteiger partial charge in [-0.15, -0.1) is 0 Å². The van der Waals surface area contributed by atoms with E-state index in [0.29, 0.717) is 5.75 Å². The van der Waals surface area contributed by atoms with Crippen molar-refractivity contribution in [1.29, 1.82) is 0 Å². The van der Waals surface area contributed by atoms with Gasteiger partial charge >= 0.3 is 0 Å². The van der Waals surface area contributed by atoms with Gasteiger partial charge in [0.15, 0.2) is 0 Å². The molecule has 0 aliphatic rings. The minimum atomic E-state index is -2.61. The number of aliphatic hydroxyl groups excluding tert-OH is 1. The third kappa shape index (κ3) is 5.97. The number of carbonyl (C=O) groups is 1. The number of ether oxygens (including phenoxy) is 1. The predicted octanol–water partition coefficient (Wildman–Crippen LogP) is 1.85. The summed E-state index contributed by atoms with van der Waals surface area (Å²) >= 11 is 0. The first-order valence-electron chi connectivity index (χ1n) is 6.39. The van der Waals surface area contributed by atoms with Crippen LogP contribution in [0.3, 0.4) is 0 Å². The van der Waals surface area contributed by atoms with Crippen LogP contribution in [-0.2, 0) is 4.79 Å². The molecular formula is C14H19F2NO3. The normalized spacial score (nSPS) is 10.7. The van der Waals surface area contributed by atoms with E-state index in [1.807, 2.05) is 19.1 Å². The van der Waals surface area contributed by atoms with Gasteiger partial charge in [0.1, 0.15) is 5.75 Å². The molecule has 1 N–H and O–H groups in total. The molecule has 20 heavy (non-hydrogen) atoms. The molecule has 1 amide bonds. The molecule has 0 aromatic heterocycles. The molecule has 0 atom stereocenters. The summed E-state index contributed by atoms with van der Waals surface area (Å²) in [6.45, 7) is 0.979. The summed E-state index contributed by atoms with van der Waals surface area (Å²) in [6.07, 6.45) is -2.61. The largest absolute Gasteiger partial charge is 0.493 e. The number of hydrogen-bond donors (Lipinski definition) is 1. The van der Waals surface area contributed by atoms with Crippen LogP contribution in [0, 0.1) is 6.92 Å². The summed E-state index contributed by atoms with van der Waals surface area (Å²) in [5.74, 6) is 0.178. The maximum absolute atomic E-state index is 12.3. The first-order valence-corrected chi connectivity index (χ1v) is 6.39. The van der Waals surface area contributed by atoms with Crippen LogP contribution in [0.25, 0.3) is 0 Å². The third-order valence-electron chi connectivity index (χ3n) is 2.69. The van der Waals surface area contributed by atoms with Gasteiger partial charge in [0.25, 0.3) is 6.43 Å². The highest BCUT2D eigenvalue weighted by atomic mass is 19.3. The summed E-state index contributed by atoms with van der Waals surface area (Å²) in [5, 5.41) is 8.76. The lowest BCUT2D eigenvalue weighted by atomic mass is 10.2. The van der Waals surface area contributed by atoms with Gasteiger partial charge in [-0.2, -0.15) is 0 Å². The van der Waals surface area contributed by atoms with Gasteiger partial charge in [-0.3, -0.25) is 4.79 Å². The second-order valence-electron chi connectivity index (χ2n) is 4.37. The van der Waals surface area contributed by atoms with Crippen molar-refractivity contribution in [3.63, 3.8) is 0 Å². The van der Waals surface area contributed by atoms with Crippen LogP contribution in [-0.4, -0.2) is 48.6 Å². The van der Waals surface area contributed by atoms with Crippen LogP contribution in [0.1, 0.15) is 12.0 Å². The number of aliphatic hydroxyl groups is 1. The van der Waals surface area contributed by atoms with Crippen LogP contribution in [0.5, 0.6) is 5.75 Å². The second kappa shape index (κ2) is 8.47. The van der Waals surface area contributed by atoms with E-state index in [2.05, 4.69) is 0 Å². The fourth-order valence-electron chi connectivity index (χ4n) is 1.65. The summed E-state index contributed by atoms with van der Waals surface area (Å²) in [5.41, 5.74) is 1.10.